The SMILES string of the molecule is CCNC(=NCc1ccc(-n2nc(C)cc2C)nc1)NCC(C)(O)c1cccs1. The molecule has 1 atom stereocenters. The van der Waals surface area contributed by atoms with E-state index in [1.165, 1.54) is 0 Å². The summed E-state index contributed by atoms with van der Waals surface area (Å²) < 4.78 is 1.83. The summed E-state index contributed by atoms with van der Waals surface area (Å²) in [5.74, 6) is 1.45. The van der Waals surface area contributed by atoms with E-state index in [9.17, 15) is 5.11 Å². The van der Waals surface area contributed by atoms with E-state index in [0.29, 0.717) is 19.0 Å². The Morgan fingerprint density at radius 2 is 2.10 bits per heavy atom. The number of aryl methyl sites for hydroxylation is 2. The van der Waals surface area contributed by atoms with Crippen molar-refractivity contribution in [3.63, 3.8) is 0 Å². The second-order valence-electron chi connectivity index (χ2n) is 7.16. The summed E-state index contributed by atoms with van der Waals surface area (Å²) in [4.78, 5) is 10.1. The summed E-state index contributed by atoms with van der Waals surface area (Å²) >= 11 is 1.54. The molecule has 8 heteroatoms. The van der Waals surface area contributed by atoms with E-state index >= 15 is 0 Å². The third-order valence-electron chi connectivity index (χ3n) is 4.45. The summed E-state index contributed by atoms with van der Waals surface area (Å²) in [5, 5.41) is 23.6. The van der Waals surface area contributed by atoms with E-state index < -0.39 is 5.60 Å². The molecule has 0 saturated carbocycles. The second-order valence-corrected chi connectivity index (χ2v) is 8.11. The van der Waals surface area contributed by atoms with Gasteiger partial charge >= 0.3 is 0 Å². The molecule has 0 aromatic carbocycles. The van der Waals surface area contributed by atoms with E-state index in [1.807, 2.05) is 67.4 Å². The number of hydrogen-bond acceptors (Lipinski definition) is 5. The zero-order valence-corrected chi connectivity index (χ0v) is 18.1. The van der Waals surface area contributed by atoms with Crippen LogP contribution in [0.25, 0.3) is 5.82 Å². The molecule has 3 rings (SSSR count). The third-order valence-corrected chi connectivity index (χ3v) is 5.57. The highest BCUT2D eigenvalue weighted by atomic mass is 32.1. The zero-order chi connectivity index (χ0) is 20.9. The number of guanidine groups is 1. The van der Waals surface area contributed by atoms with Crippen LogP contribution < -0.4 is 10.6 Å². The number of thiophene rings is 1. The van der Waals surface area contributed by atoms with Crippen LogP contribution in [-0.4, -0.2) is 38.9 Å². The van der Waals surface area contributed by atoms with Crippen LogP contribution in [0.5, 0.6) is 0 Å². The molecule has 1 unspecified atom stereocenters. The maximum atomic E-state index is 10.7. The number of aliphatic hydroxyl groups is 1. The smallest absolute Gasteiger partial charge is 0.191 e. The van der Waals surface area contributed by atoms with Gasteiger partial charge in [0.1, 0.15) is 5.60 Å². The highest BCUT2D eigenvalue weighted by Crippen LogP contribution is 2.24. The highest BCUT2D eigenvalue weighted by molar-refractivity contribution is 7.10. The topological polar surface area (TPSA) is 87.4 Å². The zero-order valence-electron chi connectivity index (χ0n) is 17.3. The number of hydrogen-bond donors (Lipinski definition) is 3. The van der Waals surface area contributed by atoms with E-state index in [2.05, 4.69) is 25.7 Å². The first-order valence-electron chi connectivity index (χ1n) is 9.66. The van der Waals surface area contributed by atoms with Crippen LogP contribution in [0.15, 0.2) is 46.9 Å². The molecule has 0 radical (unpaired) electrons. The minimum absolute atomic E-state index is 0.370. The average Bonchev–Trinajstić information content (AvgIpc) is 3.35. The van der Waals surface area contributed by atoms with Gasteiger partial charge in [-0.1, -0.05) is 12.1 Å². The standard InChI is InChI=1S/C21H28N6OS/c1-5-22-20(25-14-21(4,28)18-7-6-10-29-18)24-13-17-8-9-19(23-12-17)27-16(3)11-15(2)26-27/h6-12,28H,5,13-14H2,1-4H3,(H2,22,24,25). The van der Waals surface area contributed by atoms with Crippen LogP contribution >= 0.6 is 11.3 Å². The normalized spacial score (nSPS) is 13.9. The van der Waals surface area contributed by atoms with Crippen molar-refractivity contribution in [1.29, 1.82) is 0 Å². The molecule has 0 aliphatic rings. The van der Waals surface area contributed by atoms with Gasteiger partial charge in [-0.05, 0) is 56.8 Å². The summed E-state index contributed by atoms with van der Waals surface area (Å²) in [7, 11) is 0. The predicted molar refractivity (Wildman–Crippen MR) is 118 cm³/mol. The van der Waals surface area contributed by atoms with E-state index in [1.54, 1.807) is 18.3 Å². The van der Waals surface area contributed by atoms with Crippen molar-refractivity contribution in [3.05, 3.63) is 63.7 Å². The lowest BCUT2D eigenvalue weighted by Crippen LogP contribution is -2.44. The van der Waals surface area contributed by atoms with Crippen LogP contribution in [0.3, 0.4) is 0 Å². The maximum Gasteiger partial charge on any atom is 0.191 e. The number of aromatic nitrogens is 3. The van der Waals surface area contributed by atoms with Crippen LogP contribution in [0.4, 0.5) is 0 Å². The lowest BCUT2D eigenvalue weighted by Gasteiger charge is -2.23. The van der Waals surface area contributed by atoms with E-state index in [0.717, 1.165) is 34.2 Å². The molecular formula is C21H28N6OS. The average molecular weight is 413 g/mol. The summed E-state index contributed by atoms with van der Waals surface area (Å²) in [6.07, 6.45) is 1.82. The largest absolute Gasteiger partial charge is 0.383 e. The van der Waals surface area contributed by atoms with Crippen molar-refractivity contribution in [2.45, 2.75) is 39.8 Å². The summed E-state index contributed by atoms with van der Waals surface area (Å²) in [5.41, 5.74) is 2.07. The van der Waals surface area contributed by atoms with Crippen LogP contribution in [-0.2, 0) is 12.1 Å². The summed E-state index contributed by atoms with van der Waals surface area (Å²) in [6.45, 7) is 9.39. The Morgan fingerprint density at radius 3 is 2.69 bits per heavy atom. The van der Waals surface area contributed by atoms with Gasteiger partial charge in [-0.2, -0.15) is 5.10 Å². The molecular weight excluding hydrogens is 384 g/mol. The monoisotopic (exact) mass is 412 g/mol. The Hall–Kier alpha value is -2.71. The van der Waals surface area contributed by atoms with Gasteiger partial charge in [0.2, 0.25) is 0 Å². The molecule has 0 amide bonds. The molecule has 154 valence electrons. The molecule has 0 aliphatic carbocycles. The fraction of sp³-hybridized carbons (Fsp3) is 0.381. The van der Waals surface area contributed by atoms with Crippen molar-refractivity contribution >= 4 is 17.3 Å². The molecule has 0 bridgehead atoms. The third kappa shape index (κ3) is 5.42. The van der Waals surface area contributed by atoms with Gasteiger partial charge in [-0.15, -0.1) is 11.3 Å². The minimum atomic E-state index is -0.951. The van der Waals surface area contributed by atoms with Crippen molar-refractivity contribution in [1.82, 2.24) is 25.4 Å². The van der Waals surface area contributed by atoms with Crippen molar-refractivity contribution < 1.29 is 5.11 Å². The van der Waals surface area contributed by atoms with Gasteiger partial charge in [0.05, 0.1) is 18.8 Å². The molecule has 29 heavy (non-hydrogen) atoms. The fourth-order valence-corrected chi connectivity index (χ4v) is 3.72. The number of pyridine rings is 1. The molecule has 3 aromatic heterocycles. The molecule has 3 N–H and O–H groups in total. The lowest BCUT2D eigenvalue weighted by molar-refractivity contribution is 0.0655. The quantitative estimate of drug-likeness (QED) is 0.410. The molecule has 3 heterocycles. The molecule has 3 aromatic rings. The van der Waals surface area contributed by atoms with E-state index in [4.69, 9.17) is 0 Å². The molecule has 0 aliphatic heterocycles. The van der Waals surface area contributed by atoms with Crippen molar-refractivity contribution in [2.75, 3.05) is 13.1 Å². The van der Waals surface area contributed by atoms with Gasteiger partial charge in [0.25, 0.3) is 0 Å². The van der Waals surface area contributed by atoms with Gasteiger partial charge in [0.15, 0.2) is 11.8 Å². The van der Waals surface area contributed by atoms with Crippen molar-refractivity contribution in [2.24, 2.45) is 4.99 Å². The first kappa shape index (κ1) is 21.0. The minimum Gasteiger partial charge on any atom is -0.383 e. The second kappa shape index (κ2) is 9.19. The van der Waals surface area contributed by atoms with Crippen LogP contribution in [0.1, 0.15) is 35.7 Å². The van der Waals surface area contributed by atoms with Gasteiger partial charge in [-0.3, -0.25) is 0 Å². The number of rotatable bonds is 7. The molecule has 0 saturated heterocycles. The first-order chi connectivity index (χ1) is 13.9. The number of nitrogens with zero attached hydrogens (tertiary/aromatic N) is 4. The summed E-state index contributed by atoms with van der Waals surface area (Å²) in [6, 6.07) is 9.86. The van der Waals surface area contributed by atoms with Gasteiger partial charge in [0, 0.05) is 23.3 Å². The molecule has 0 fully saturated rings. The van der Waals surface area contributed by atoms with Crippen molar-refractivity contribution in [3.8, 4) is 5.82 Å². The first-order valence-corrected chi connectivity index (χ1v) is 10.5. The lowest BCUT2D eigenvalue weighted by atomic mass is 10.1. The Balaban J connectivity index is 1.64. The predicted octanol–water partition coefficient (Wildman–Crippen LogP) is 2.91. The fourth-order valence-electron chi connectivity index (χ4n) is 2.94. The highest BCUT2D eigenvalue weighted by Gasteiger charge is 2.24. The number of nitrogens with one attached hydrogen (secondary N) is 2. The maximum absolute atomic E-state index is 10.7. The van der Waals surface area contributed by atoms with Crippen LogP contribution in [0.2, 0.25) is 0 Å². The Kier molecular flexibility index (Phi) is 6.66. The number of aliphatic imine (C=N–C) groups is 1. The van der Waals surface area contributed by atoms with Gasteiger partial charge in [-0.25, -0.2) is 14.7 Å². The van der Waals surface area contributed by atoms with Gasteiger partial charge < -0.3 is 15.7 Å². The van der Waals surface area contributed by atoms with Crippen LogP contribution in [0, 0.1) is 13.8 Å². The van der Waals surface area contributed by atoms with E-state index in [-0.39, 0.29) is 0 Å². The molecule has 7 nitrogen and oxygen atoms in total. The Morgan fingerprint density at radius 1 is 1.28 bits per heavy atom. The Labute approximate surface area is 175 Å². The molecule has 0 spiro atoms. The Bertz CT molecular complexity index is 944.